The first-order valence-corrected chi connectivity index (χ1v) is 8.42. The molecule has 1 fully saturated rings. The third-order valence-corrected chi connectivity index (χ3v) is 4.43. The molecule has 0 saturated carbocycles. The van der Waals surface area contributed by atoms with Crippen molar-refractivity contribution in [1.82, 2.24) is 10.2 Å². The number of aryl methyl sites for hydroxylation is 1. The zero-order chi connectivity index (χ0) is 18.4. The van der Waals surface area contributed by atoms with Crippen LogP contribution in [0.4, 0.5) is 4.39 Å². The number of amides is 2. The first-order chi connectivity index (χ1) is 11.9. The number of carbonyl (C=O) groups excluding carboxylic acids is 2. The summed E-state index contributed by atoms with van der Waals surface area (Å²) in [7, 11) is 1.54. The number of aliphatic hydroxyl groups excluding tert-OH is 1. The van der Waals surface area contributed by atoms with E-state index in [1.807, 2.05) is 0 Å². The molecular formula is C18H25FN2O4. The Hall–Kier alpha value is -1.99. The zero-order valence-corrected chi connectivity index (χ0v) is 14.6. The number of nitrogens with one attached hydrogen (secondary N) is 1. The molecule has 0 spiro atoms. The van der Waals surface area contributed by atoms with E-state index in [9.17, 15) is 19.1 Å². The lowest BCUT2D eigenvalue weighted by molar-refractivity contribution is -0.133. The van der Waals surface area contributed by atoms with Crippen LogP contribution in [0.2, 0.25) is 0 Å². The highest BCUT2D eigenvalue weighted by Gasteiger charge is 2.35. The Kier molecular flexibility index (Phi) is 6.90. The van der Waals surface area contributed by atoms with Gasteiger partial charge in [-0.3, -0.25) is 9.59 Å². The Morgan fingerprint density at radius 3 is 2.80 bits per heavy atom. The van der Waals surface area contributed by atoms with E-state index in [0.717, 1.165) is 0 Å². The van der Waals surface area contributed by atoms with E-state index < -0.39 is 12.1 Å². The van der Waals surface area contributed by atoms with Crippen molar-refractivity contribution in [3.8, 4) is 0 Å². The molecule has 1 aromatic carbocycles. The second kappa shape index (κ2) is 8.92. The Balaban J connectivity index is 1.81. The van der Waals surface area contributed by atoms with Crippen LogP contribution in [0.5, 0.6) is 0 Å². The van der Waals surface area contributed by atoms with Gasteiger partial charge in [-0.2, -0.15) is 0 Å². The lowest BCUT2D eigenvalue weighted by Crippen LogP contribution is -2.43. The molecule has 1 aliphatic rings. The minimum Gasteiger partial charge on any atom is -0.389 e. The fourth-order valence-electron chi connectivity index (χ4n) is 2.82. The van der Waals surface area contributed by atoms with Gasteiger partial charge in [0.05, 0.1) is 24.7 Å². The Labute approximate surface area is 147 Å². The fraction of sp³-hybridized carbons (Fsp3) is 0.556. The van der Waals surface area contributed by atoms with Crippen LogP contribution in [0.15, 0.2) is 24.3 Å². The number of benzene rings is 1. The summed E-state index contributed by atoms with van der Waals surface area (Å²) < 4.78 is 18.6. The van der Waals surface area contributed by atoms with E-state index in [-0.39, 0.29) is 56.1 Å². The number of likely N-dealkylation sites (tertiary alicyclic amines) is 1. The quantitative estimate of drug-likeness (QED) is 0.763. The average molecular weight is 352 g/mol. The van der Waals surface area contributed by atoms with E-state index in [1.54, 1.807) is 25.1 Å². The molecule has 0 aliphatic carbocycles. The van der Waals surface area contributed by atoms with Crippen molar-refractivity contribution in [2.45, 2.75) is 44.4 Å². The van der Waals surface area contributed by atoms with Crippen molar-refractivity contribution < 1.29 is 23.8 Å². The van der Waals surface area contributed by atoms with Crippen LogP contribution in [0.25, 0.3) is 0 Å². The average Bonchev–Trinajstić information content (AvgIpc) is 2.95. The smallest absolute Gasteiger partial charge is 0.225 e. The molecule has 1 saturated heterocycles. The summed E-state index contributed by atoms with van der Waals surface area (Å²) >= 11 is 0. The number of methoxy groups -OCH3 is 1. The molecule has 7 heteroatoms. The monoisotopic (exact) mass is 352 g/mol. The van der Waals surface area contributed by atoms with Gasteiger partial charge in [0.25, 0.3) is 0 Å². The Bertz CT molecular complexity index is 610. The van der Waals surface area contributed by atoms with E-state index >= 15 is 0 Å². The van der Waals surface area contributed by atoms with Crippen molar-refractivity contribution in [1.29, 1.82) is 0 Å². The standard InChI is InChI=1S/C18H25FN2O4/c1-12(25-2)9-18(24)21-10-15(16(22)11-21)20-17(23)8-7-13-5-3-4-6-14(13)19/h3-6,12,15-16,22H,7-11H2,1-2H3,(H,20,23)/t12?,15-,16+/m0/s1. The largest absolute Gasteiger partial charge is 0.389 e. The van der Waals surface area contributed by atoms with Gasteiger partial charge in [0, 0.05) is 26.6 Å². The number of halogens is 1. The maximum atomic E-state index is 13.6. The van der Waals surface area contributed by atoms with E-state index in [2.05, 4.69) is 5.32 Å². The molecule has 3 atom stereocenters. The highest BCUT2D eigenvalue weighted by molar-refractivity contribution is 5.78. The van der Waals surface area contributed by atoms with Gasteiger partial charge in [0.2, 0.25) is 11.8 Å². The molecule has 0 bridgehead atoms. The maximum absolute atomic E-state index is 13.6. The van der Waals surface area contributed by atoms with E-state index in [4.69, 9.17) is 4.74 Å². The van der Waals surface area contributed by atoms with Crippen LogP contribution in [-0.2, 0) is 20.7 Å². The molecule has 2 rings (SSSR count). The minimum absolute atomic E-state index is 0.114. The van der Waals surface area contributed by atoms with Gasteiger partial charge in [-0.15, -0.1) is 0 Å². The molecule has 1 aliphatic heterocycles. The minimum atomic E-state index is -0.806. The van der Waals surface area contributed by atoms with Gasteiger partial charge in [-0.05, 0) is 25.0 Å². The molecule has 1 unspecified atom stereocenters. The van der Waals surface area contributed by atoms with Gasteiger partial charge in [-0.25, -0.2) is 4.39 Å². The zero-order valence-electron chi connectivity index (χ0n) is 14.6. The Morgan fingerprint density at radius 2 is 2.12 bits per heavy atom. The SMILES string of the molecule is COC(C)CC(=O)N1C[C@@H](O)[C@@H](NC(=O)CCc2ccccc2F)C1. The molecule has 0 radical (unpaired) electrons. The third kappa shape index (κ3) is 5.51. The van der Waals surface area contributed by atoms with Crippen molar-refractivity contribution >= 4 is 11.8 Å². The van der Waals surface area contributed by atoms with Gasteiger partial charge >= 0.3 is 0 Å². The van der Waals surface area contributed by atoms with E-state index in [0.29, 0.717) is 5.56 Å². The number of hydrogen-bond donors (Lipinski definition) is 2. The summed E-state index contributed by atoms with van der Waals surface area (Å²) in [6.45, 7) is 2.25. The van der Waals surface area contributed by atoms with Crippen molar-refractivity contribution in [3.63, 3.8) is 0 Å². The number of ether oxygens (including phenoxy) is 1. The van der Waals surface area contributed by atoms with Gasteiger partial charge < -0.3 is 20.1 Å². The topological polar surface area (TPSA) is 78.9 Å². The lowest BCUT2D eigenvalue weighted by Gasteiger charge is -2.18. The Morgan fingerprint density at radius 1 is 1.40 bits per heavy atom. The molecule has 2 N–H and O–H groups in total. The summed E-state index contributed by atoms with van der Waals surface area (Å²) in [5.74, 6) is -0.719. The number of carbonyl (C=O) groups is 2. The normalized spacial score (nSPS) is 21.2. The molecular weight excluding hydrogens is 327 g/mol. The molecule has 1 aromatic rings. The number of aliphatic hydroxyl groups is 1. The molecule has 25 heavy (non-hydrogen) atoms. The van der Waals surface area contributed by atoms with Crippen LogP contribution in [-0.4, -0.2) is 60.3 Å². The molecule has 1 heterocycles. The molecule has 0 aromatic heterocycles. The second-order valence-corrected chi connectivity index (χ2v) is 6.38. The second-order valence-electron chi connectivity index (χ2n) is 6.38. The number of nitrogens with zero attached hydrogens (tertiary/aromatic N) is 1. The van der Waals surface area contributed by atoms with Crippen molar-refractivity contribution in [3.05, 3.63) is 35.6 Å². The summed E-state index contributed by atoms with van der Waals surface area (Å²) in [6.07, 6.45) is -0.357. The van der Waals surface area contributed by atoms with Crippen LogP contribution in [0.3, 0.4) is 0 Å². The molecule has 6 nitrogen and oxygen atoms in total. The van der Waals surface area contributed by atoms with Crippen molar-refractivity contribution in [2.75, 3.05) is 20.2 Å². The summed E-state index contributed by atoms with van der Waals surface area (Å²) in [4.78, 5) is 25.7. The predicted octanol–water partition coefficient (Wildman–Crippen LogP) is 0.871. The number of rotatable bonds is 7. The summed E-state index contributed by atoms with van der Waals surface area (Å²) in [5, 5.41) is 12.8. The predicted molar refractivity (Wildman–Crippen MR) is 90.3 cm³/mol. The highest BCUT2D eigenvalue weighted by Crippen LogP contribution is 2.14. The molecule has 138 valence electrons. The number of β-amino-alcohol motifs (C(OH)–C–C–N with tert-alkyl or cyclic N) is 1. The van der Waals surface area contributed by atoms with Crippen LogP contribution >= 0.6 is 0 Å². The fourth-order valence-corrected chi connectivity index (χ4v) is 2.82. The van der Waals surface area contributed by atoms with Crippen LogP contribution in [0.1, 0.15) is 25.3 Å². The third-order valence-electron chi connectivity index (χ3n) is 4.43. The van der Waals surface area contributed by atoms with E-state index in [1.165, 1.54) is 18.1 Å². The molecule has 2 amide bonds. The summed E-state index contributed by atoms with van der Waals surface area (Å²) in [5.41, 5.74) is 0.481. The van der Waals surface area contributed by atoms with Crippen LogP contribution in [0, 0.1) is 5.82 Å². The van der Waals surface area contributed by atoms with Gasteiger partial charge in [0.15, 0.2) is 0 Å². The van der Waals surface area contributed by atoms with Crippen LogP contribution < -0.4 is 5.32 Å². The van der Waals surface area contributed by atoms with Crippen molar-refractivity contribution in [2.24, 2.45) is 0 Å². The van der Waals surface area contributed by atoms with Gasteiger partial charge in [-0.1, -0.05) is 18.2 Å². The number of hydrogen-bond acceptors (Lipinski definition) is 4. The maximum Gasteiger partial charge on any atom is 0.225 e. The lowest BCUT2D eigenvalue weighted by atomic mass is 10.1. The first kappa shape index (κ1) is 19.3. The summed E-state index contributed by atoms with van der Waals surface area (Å²) in [6, 6.07) is 5.82. The highest BCUT2D eigenvalue weighted by atomic mass is 19.1. The van der Waals surface area contributed by atoms with Gasteiger partial charge in [0.1, 0.15) is 5.82 Å². The first-order valence-electron chi connectivity index (χ1n) is 8.42.